The van der Waals surface area contributed by atoms with Crippen LogP contribution >= 0.6 is 0 Å². The third-order valence-corrected chi connectivity index (χ3v) is 5.83. The molecule has 0 radical (unpaired) electrons. The lowest BCUT2D eigenvalue weighted by Gasteiger charge is -2.23. The van der Waals surface area contributed by atoms with Crippen molar-refractivity contribution in [1.29, 1.82) is 0 Å². The molecule has 0 atom stereocenters. The topological polar surface area (TPSA) is 80.1 Å². The Balaban J connectivity index is 1.42. The predicted octanol–water partition coefficient (Wildman–Crippen LogP) is 4.07. The molecule has 0 spiro atoms. The summed E-state index contributed by atoms with van der Waals surface area (Å²) in [5, 5.41) is 8.91. The van der Waals surface area contributed by atoms with E-state index < -0.39 is 0 Å². The molecule has 1 aliphatic rings. The molecular formula is C24H22N6O. The molecule has 6 rings (SSSR count). The van der Waals surface area contributed by atoms with Crippen LogP contribution in [0.25, 0.3) is 39.1 Å². The van der Waals surface area contributed by atoms with Crippen LogP contribution in [0.15, 0.2) is 67.1 Å². The van der Waals surface area contributed by atoms with Gasteiger partial charge >= 0.3 is 0 Å². The van der Waals surface area contributed by atoms with Gasteiger partial charge in [-0.15, -0.1) is 0 Å². The second kappa shape index (κ2) is 7.52. The van der Waals surface area contributed by atoms with E-state index in [4.69, 9.17) is 9.72 Å². The Morgan fingerprint density at radius 1 is 0.935 bits per heavy atom. The Morgan fingerprint density at radius 2 is 1.81 bits per heavy atom. The van der Waals surface area contributed by atoms with Gasteiger partial charge in [0.1, 0.15) is 11.8 Å². The van der Waals surface area contributed by atoms with Gasteiger partial charge in [0.15, 0.2) is 5.65 Å². The van der Waals surface area contributed by atoms with Crippen molar-refractivity contribution in [1.82, 2.24) is 29.9 Å². The average molecular weight is 410 g/mol. The molecule has 7 heteroatoms. The monoisotopic (exact) mass is 410 g/mol. The largest absolute Gasteiger partial charge is 0.474 e. The van der Waals surface area contributed by atoms with Crippen LogP contribution in [0.3, 0.4) is 0 Å². The number of ether oxygens (including phenoxy) is 1. The van der Waals surface area contributed by atoms with E-state index >= 15 is 0 Å². The number of benzene rings is 1. The second-order valence-corrected chi connectivity index (χ2v) is 7.82. The van der Waals surface area contributed by atoms with Crippen molar-refractivity contribution in [2.75, 3.05) is 13.1 Å². The fraction of sp³-hybridized carbons (Fsp3) is 0.208. The number of hydrogen-bond acceptors (Lipinski definition) is 5. The van der Waals surface area contributed by atoms with E-state index in [1.54, 1.807) is 0 Å². The van der Waals surface area contributed by atoms with Gasteiger partial charge in [0, 0.05) is 29.1 Å². The summed E-state index contributed by atoms with van der Waals surface area (Å²) in [6, 6.07) is 16.3. The molecule has 4 aromatic heterocycles. The highest BCUT2D eigenvalue weighted by atomic mass is 16.5. The molecule has 5 heterocycles. The predicted molar refractivity (Wildman–Crippen MR) is 120 cm³/mol. The van der Waals surface area contributed by atoms with Gasteiger partial charge in [0.2, 0.25) is 5.88 Å². The maximum atomic E-state index is 6.34. The van der Waals surface area contributed by atoms with Crippen molar-refractivity contribution in [3.05, 3.63) is 67.1 Å². The van der Waals surface area contributed by atoms with Crippen molar-refractivity contribution in [3.8, 4) is 28.3 Å². The molecule has 1 saturated heterocycles. The van der Waals surface area contributed by atoms with Crippen LogP contribution in [0.5, 0.6) is 5.88 Å². The smallest absolute Gasteiger partial charge is 0.226 e. The molecule has 7 nitrogen and oxygen atoms in total. The highest BCUT2D eigenvalue weighted by Gasteiger charge is 2.20. The summed E-state index contributed by atoms with van der Waals surface area (Å²) in [4.78, 5) is 12.9. The Labute approximate surface area is 179 Å². The number of piperidine rings is 1. The molecule has 0 saturated carbocycles. The number of rotatable bonds is 4. The van der Waals surface area contributed by atoms with Gasteiger partial charge < -0.3 is 15.0 Å². The fourth-order valence-corrected chi connectivity index (χ4v) is 4.18. The Hall–Kier alpha value is -3.71. The molecule has 1 fully saturated rings. The zero-order valence-electron chi connectivity index (χ0n) is 17.0. The SMILES string of the molecule is c1ccc(-c2ccc(-c3cnn4c3nc(OC3CCNCC3)c3cc[nH]c34)cn2)cc1. The maximum absolute atomic E-state index is 6.34. The van der Waals surface area contributed by atoms with Gasteiger partial charge in [0.25, 0.3) is 0 Å². The lowest BCUT2D eigenvalue weighted by molar-refractivity contribution is 0.158. The van der Waals surface area contributed by atoms with E-state index in [0.717, 1.165) is 65.0 Å². The quantitative estimate of drug-likeness (QED) is 0.467. The van der Waals surface area contributed by atoms with Crippen LogP contribution in [0.2, 0.25) is 0 Å². The molecule has 0 amide bonds. The molecule has 0 bridgehead atoms. The van der Waals surface area contributed by atoms with Gasteiger partial charge in [-0.25, -0.2) is 0 Å². The molecule has 154 valence electrons. The number of H-pyrrole nitrogens is 1. The van der Waals surface area contributed by atoms with Crippen molar-refractivity contribution in [2.24, 2.45) is 0 Å². The second-order valence-electron chi connectivity index (χ2n) is 7.82. The number of hydrogen-bond donors (Lipinski definition) is 2. The first-order valence-corrected chi connectivity index (χ1v) is 10.6. The number of pyridine rings is 1. The highest BCUT2D eigenvalue weighted by Crippen LogP contribution is 2.31. The number of nitrogens with one attached hydrogen (secondary N) is 2. The first-order valence-electron chi connectivity index (χ1n) is 10.6. The molecule has 31 heavy (non-hydrogen) atoms. The summed E-state index contributed by atoms with van der Waals surface area (Å²) in [5.74, 6) is 0.659. The Morgan fingerprint density at radius 3 is 2.61 bits per heavy atom. The highest BCUT2D eigenvalue weighted by molar-refractivity contribution is 5.88. The van der Waals surface area contributed by atoms with Crippen LogP contribution < -0.4 is 10.1 Å². The number of nitrogens with zero attached hydrogens (tertiary/aromatic N) is 4. The third-order valence-electron chi connectivity index (χ3n) is 5.83. The summed E-state index contributed by atoms with van der Waals surface area (Å²) in [6.45, 7) is 1.95. The van der Waals surface area contributed by atoms with Crippen molar-refractivity contribution >= 4 is 16.7 Å². The maximum Gasteiger partial charge on any atom is 0.226 e. The lowest BCUT2D eigenvalue weighted by Crippen LogP contribution is -2.34. The fourth-order valence-electron chi connectivity index (χ4n) is 4.18. The van der Waals surface area contributed by atoms with Gasteiger partial charge in [0.05, 0.1) is 17.3 Å². The van der Waals surface area contributed by atoms with Gasteiger partial charge in [-0.1, -0.05) is 36.4 Å². The normalized spacial score (nSPS) is 15.0. The minimum absolute atomic E-state index is 0.174. The number of aromatic amines is 1. The number of aromatic nitrogens is 5. The van der Waals surface area contributed by atoms with Crippen molar-refractivity contribution in [3.63, 3.8) is 0 Å². The van der Waals surface area contributed by atoms with Gasteiger partial charge in [-0.2, -0.15) is 14.6 Å². The number of fused-ring (bicyclic) bond motifs is 3. The van der Waals surface area contributed by atoms with Crippen LogP contribution in [0.4, 0.5) is 0 Å². The summed E-state index contributed by atoms with van der Waals surface area (Å²) >= 11 is 0. The van der Waals surface area contributed by atoms with Crippen LogP contribution in [0, 0.1) is 0 Å². The standard InChI is InChI=1S/C24H22N6O/c1-2-4-16(5-3-1)21-7-6-17(14-27-21)20-15-28-30-22-19(10-13-26-22)24(29-23(20)30)31-18-8-11-25-12-9-18/h1-7,10,13-15,18,25-26H,8-9,11-12H2. The molecule has 0 unspecified atom stereocenters. The minimum Gasteiger partial charge on any atom is -0.474 e. The van der Waals surface area contributed by atoms with Crippen LogP contribution in [-0.2, 0) is 0 Å². The van der Waals surface area contributed by atoms with E-state index in [-0.39, 0.29) is 6.10 Å². The molecule has 1 aliphatic heterocycles. The Kier molecular flexibility index (Phi) is 4.39. The van der Waals surface area contributed by atoms with E-state index in [9.17, 15) is 0 Å². The average Bonchev–Trinajstić information content (AvgIpc) is 3.48. The van der Waals surface area contributed by atoms with Crippen LogP contribution in [-0.4, -0.2) is 43.8 Å². The summed E-state index contributed by atoms with van der Waals surface area (Å²) in [7, 11) is 0. The Bertz CT molecular complexity index is 1330. The molecule has 1 aromatic carbocycles. The van der Waals surface area contributed by atoms with Gasteiger partial charge in [-0.05, 0) is 38.1 Å². The molecular weight excluding hydrogens is 388 g/mol. The van der Waals surface area contributed by atoms with E-state index in [1.165, 1.54) is 0 Å². The zero-order chi connectivity index (χ0) is 20.6. The van der Waals surface area contributed by atoms with E-state index in [1.807, 2.05) is 53.4 Å². The van der Waals surface area contributed by atoms with Crippen molar-refractivity contribution < 1.29 is 4.74 Å². The summed E-state index contributed by atoms with van der Waals surface area (Å²) in [6.07, 6.45) is 7.76. The van der Waals surface area contributed by atoms with E-state index in [2.05, 4.69) is 38.6 Å². The summed E-state index contributed by atoms with van der Waals surface area (Å²) in [5.41, 5.74) is 5.58. The lowest BCUT2D eigenvalue weighted by atomic mass is 10.1. The first-order chi connectivity index (χ1) is 15.4. The summed E-state index contributed by atoms with van der Waals surface area (Å²) < 4.78 is 8.18. The van der Waals surface area contributed by atoms with Gasteiger partial charge in [-0.3, -0.25) is 4.98 Å². The minimum atomic E-state index is 0.174. The zero-order valence-corrected chi connectivity index (χ0v) is 17.0. The van der Waals surface area contributed by atoms with Crippen molar-refractivity contribution in [2.45, 2.75) is 18.9 Å². The van der Waals surface area contributed by atoms with E-state index in [0.29, 0.717) is 5.88 Å². The first kappa shape index (κ1) is 18.1. The molecule has 2 N–H and O–H groups in total. The third kappa shape index (κ3) is 3.23. The molecule has 5 aromatic rings. The van der Waals surface area contributed by atoms with Crippen LogP contribution in [0.1, 0.15) is 12.8 Å². The molecule has 0 aliphatic carbocycles.